The number of furan rings is 1. The Kier molecular flexibility index (Phi) is 5.39. The maximum Gasteiger partial charge on any atom is 0.296 e. The molecule has 30 heavy (non-hydrogen) atoms. The highest BCUT2D eigenvalue weighted by atomic mass is 16.5. The standard InChI is InChI=1S/C24H21NO5/c1-2-29-18-12-10-17(11-13-18)22(26)20-21(19-9-6-14-30-19)25(24(28)23(20)27)15-16-7-4-3-5-8-16/h3-14,21,26H,2,15H2,1H3/b22-20+. The van der Waals surface area contributed by atoms with Crippen LogP contribution in [0.4, 0.5) is 0 Å². The molecule has 1 unspecified atom stereocenters. The SMILES string of the molecule is CCOc1ccc(/C(O)=C2\C(=O)C(=O)N(Cc3ccccc3)C2c2ccco2)cc1. The second-order valence-corrected chi connectivity index (χ2v) is 6.89. The first-order chi connectivity index (χ1) is 14.6. The highest BCUT2D eigenvalue weighted by molar-refractivity contribution is 6.46. The van der Waals surface area contributed by atoms with Crippen molar-refractivity contribution in [2.75, 3.05) is 6.61 Å². The molecule has 0 aliphatic carbocycles. The zero-order chi connectivity index (χ0) is 21.1. The average molecular weight is 403 g/mol. The molecular formula is C24H21NO5. The van der Waals surface area contributed by atoms with Crippen LogP contribution in [0.1, 0.15) is 29.9 Å². The van der Waals surface area contributed by atoms with Crippen molar-refractivity contribution in [1.29, 1.82) is 0 Å². The molecule has 4 rings (SSSR count). The zero-order valence-corrected chi connectivity index (χ0v) is 16.4. The molecule has 6 nitrogen and oxygen atoms in total. The minimum Gasteiger partial charge on any atom is -0.507 e. The molecule has 1 N–H and O–H groups in total. The molecule has 1 aromatic heterocycles. The fourth-order valence-electron chi connectivity index (χ4n) is 3.60. The summed E-state index contributed by atoms with van der Waals surface area (Å²) in [4.78, 5) is 27.2. The molecule has 152 valence electrons. The van der Waals surface area contributed by atoms with Gasteiger partial charge in [-0.1, -0.05) is 30.3 Å². The van der Waals surface area contributed by atoms with Crippen LogP contribution in [-0.4, -0.2) is 28.3 Å². The van der Waals surface area contributed by atoms with E-state index in [1.54, 1.807) is 36.4 Å². The van der Waals surface area contributed by atoms with Crippen molar-refractivity contribution < 1.29 is 23.8 Å². The lowest BCUT2D eigenvalue weighted by molar-refractivity contribution is -0.140. The van der Waals surface area contributed by atoms with Crippen LogP contribution in [0.15, 0.2) is 83.0 Å². The number of hydrogen-bond donors (Lipinski definition) is 1. The van der Waals surface area contributed by atoms with E-state index >= 15 is 0 Å². The lowest BCUT2D eigenvalue weighted by Gasteiger charge is -2.23. The van der Waals surface area contributed by atoms with Gasteiger partial charge in [-0.3, -0.25) is 9.59 Å². The molecule has 3 aromatic rings. The summed E-state index contributed by atoms with van der Waals surface area (Å²) >= 11 is 0. The van der Waals surface area contributed by atoms with Crippen molar-refractivity contribution in [3.63, 3.8) is 0 Å². The Bertz CT molecular complexity index is 1070. The maximum atomic E-state index is 12.9. The first-order valence-electron chi connectivity index (χ1n) is 9.69. The second-order valence-electron chi connectivity index (χ2n) is 6.89. The number of aliphatic hydroxyl groups excluding tert-OH is 1. The molecule has 1 amide bonds. The first-order valence-corrected chi connectivity index (χ1v) is 9.69. The van der Waals surface area contributed by atoms with Crippen LogP contribution in [-0.2, 0) is 16.1 Å². The molecule has 1 aliphatic heterocycles. The Morgan fingerprint density at radius 1 is 1.03 bits per heavy atom. The van der Waals surface area contributed by atoms with Crippen LogP contribution in [0, 0.1) is 0 Å². The normalized spacial score (nSPS) is 18.0. The maximum absolute atomic E-state index is 12.9. The third kappa shape index (κ3) is 3.59. The summed E-state index contributed by atoms with van der Waals surface area (Å²) in [5, 5.41) is 11.0. The number of carbonyl (C=O) groups is 2. The Balaban J connectivity index is 1.78. The monoisotopic (exact) mass is 403 g/mol. The lowest BCUT2D eigenvalue weighted by atomic mass is 9.99. The Morgan fingerprint density at radius 3 is 2.40 bits per heavy atom. The van der Waals surface area contributed by atoms with Crippen molar-refractivity contribution in [2.24, 2.45) is 0 Å². The Morgan fingerprint density at radius 2 is 1.77 bits per heavy atom. The predicted molar refractivity (Wildman–Crippen MR) is 111 cm³/mol. The van der Waals surface area contributed by atoms with E-state index in [-0.39, 0.29) is 17.9 Å². The smallest absolute Gasteiger partial charge is 0.296 e. The molecule has 1 fully saturated rings. The molecule has 0 saturated carbocycles. The molecular weight excluding hydrogens is 382 g/mol. The fraction of sp³-hybridized carbons (Fsp3) is 0.167. The molecule has 6 heteroatoms. The van der Waals surface area contributed by atoms with Crippen molar-refractivity contribution >= 4 is 17.4 Å². The number of aliphatic hydroxyl groups is 1. The number of amides is 1. The molecule has 1 saturated heterocycles. The van der Waals surface area contributed by atoms with E-state index in [0.29, 0.717) is 23.7 Å². The van der Waals surface area contributed by atoms with E-state index in [2.05, 4.69) is 0 Å². The third-order valence-electron chi connectivity index (χ3n) is 4.99. The number of benzene rings is 2. The molecule has 2 aromatic carbocycles. The summed E-state index contributed by atoms with van der Waals surface area (Å²) in [6.45, 7) is 2.62. The van der Waals surface area contributed by atoms with Gasteiger partial charge in [0, 0.05) is 12.1 Å². The lowest BCUT2D eigenvalue weighted by Crippen LogP contribution is -2.29. The number of ether oxygens (including phenoxy) is 1. The van der Waals surface area contributed by atoms with Crippen molar-refractivity contribution in [2.45, 2.75) is 19.5 Å². The number of ketones is 1. The zero-order valence-electron chi connectivity index (χ0n) is 16.4. The van der Waals surface area contributed by atoms with Gasteiger partial charge in [-0.25, -0.2) is 0 Å². The molecule has 2 heterocycles. The largest absolute Gasteiger partial charge is 0.507 e. The molecule has 1 aliphatic rings. The highest BCUT2D eigenvalue weighted by Crippen LogP contribution is 2.40. The van der Waals surface area contributed by atoms with Gasteiger partial charge < -0.3 is 19.2 Å². The summed E-state index contributed by atoms with van der Waals surface area (Å²) in [6.07, 6.45) is 1.48. The predicted octanol–water partition coefficient (Wildman–Crippen LogP) is 4.30. The van der Waals surface area contributed by atoms with Gasteiger partial charge in [-0.05, 0) is 48.9 Å². The van der Waals surface area contributed by atoms with E-state index < -0.39 is 17.7 Å². The fourth-order valence-corrected chi connectivity index (χ4v) is 3.60. The Hall–Kier alpha value is -3.80. The van der Waals surface area contributed by atoms with Crippen LogP contribution in [0.2, 0.25) is 0 Å². The van der Waals surface area contributed by atoms with E-state index in [4.69, 9.17) is 9.15 Å². The van der Waals surface area contributed by atoms with Crippen LogP contribution < -0.4 is 4.74 Å². The number of hydrogen-bond acceptors (Lipinski definition) is 5. The van der Waals surface area contributed by atoms with Gasteiger partial charge in [-0.2, -0.15) is 0 Å². The van der Waals surface area contributed by atoms with E-state index in [9.17, 15) is 14.7 Å². The van der Waals surface area contributed by atoms with Gasteiger partial charge in [0.05, 0.1) is 18.4 Å². The molecule has 0 bridgehead atoms. The number of likely N-dealkylation sites (tertiary alicyclic amines) is 1. The molecule has 0 spiro atoms. The first kappa shape index (κ1) is 19.5. The summed E-state index contributed by atoms with van der Waals surface area (Å²) < 4.78 is 11.0. The van der Waals surface area contributed by atoms with Crippen LogP contribution in [0.5, 0.6) is 5.75 Å². The quantitative estimate of drug-likeness (QED) is 0.377. The number of rotatable bonds is 6. The van der Waals surface area contributed by atoms with Crippen molar-refractivity contribution in [3.05, 3.63) is 95.5 Å². The van der Waals surface area contributed by atoms with Gasteiger partial charge in [0.25, 0.3) is 11.7 Å². The molecule has 1 atom stereocenters. The topological polar surface area (TPSA) is 80.0 Å². The summed E-state index contributed by atoms with van der Waals surface area (Å²) in [5.74, 6) is -0.585. The third-order valence-corrected chi connectivity index (χ3v) is 4.99. The highest BCUT2D eigenvalue weighted by Gasteiger charge is 2.47. The summed E-state index contributed by atoms with van der Waals surface area (Å²) in [6, 6.07) is 18.7. The number of nitrogens with zero attached hydrogens (tertiary/aromatic N) is 1. The van der Waals surface area contributed by atoms with E-state index in [1.165, 1.54) is 11.2 Å². The summed E-state index contributed by atoms with van der Waals surface area (Å²) in [7, 11) is 0. The van der Waals surface area contributed by atoms with E-state index in [1.807, 2.05) is 37.3 Å². The molecule has 0 radical (unpaired) electrons. The van der Waals surface area contributed by atoms with Gasteiger partial charge >= 0.3 is 0 Å². The van der Waals surface area contributed by atoms with E-state index in [0.717, 1.165) is 5.56 Å². The van der Waals surface area contributed by atoms with Crippen molar-refractivity contribution in [3.8, 4) is 5.75 Å². The van der Waals surface area contributed by atoms with Gasteiger partial charge in [-0.15, -0.1) is 0 Å². The average Bonchev–Trinajstić information content (AvgIpc) is 3.38. The number of carbonyl (C=O) groups excluding carboxylic acids is 2. The van der Waals surface area contributed by atoms with Gasteiger partial charge in [0.15, 0.2) is 0 Å². The van der Waals surface area contributed by atoms with Gasteiger partial charge in [0.1, 0.15) is 23.3 Å². The number of Topliss-reactive ketones (excluding diaryl/α,β-unsaturated/α-hetero) is 1. The minimum atomic E-state index is -0.813. The second kappa shape index (κ2) is 8.29. The minimum absolute atomic E-state index is 0.00930. The van der Waals surface area contributed by atoms with Crippen LogP contribution >= 0.6 is 0 Å². The Labute approximate surface area is 174 Å². The van der Waals surface area contributed by atoms with Crippen molar-refractivity contribution in [1.82, 2.24) is 4.90 Å². The van der Waals surface area contributed by atoms with Crippen LogP contribution in [0.25, 0.3) is 5.76 Å². The summed E-state index contributed by atoms with van der Waals surface area (Å²) in [5.41, 5.74) is 1.31. The van der Waals surface area contributed by atoms with Crippen LogP contribution in [0.3, 0.4) is 0 Å². The van der Waals surface area contributed by atoms with Gasteiger partial charge in [0.2, 0.25) is 0 Å².